The molecule has 1 amide bonds. The number of nitrogens with one attached hydrogen (secondary N) is 1. The van der Waals surface area contributed by atoms with Gasteiger partial charge in [0.1, 0.15) is 17.4 Å². The second-order valence-electron chi connectivity index (χ2n) is 5.14. The van der Waals surface area contributed by atoms with Crippen molar-refractivity contribution in [2.45, 2.75) is 10.4 Å². The van der Waals surface area contributed by atoms with E-state index in [1.165, 1.54) is 25.3 Å². The Labute approximate surface area is 155 Å². The number of nitrogens with zero attached hydrogens (tertiary/aromatic N) is 1. The first-order chi connectivity index (χ1) is 12.7. The van der Waals surface area contributed by atoms with Crippen LogP contribution >= 0.6 is 0 Å². The molecular weight excluding hydrogens is 381 g/mol. The Hall–Kier alpha value is -3.12. The minimum atomic E-state index is -4.86. The molecule has 0 fully saturated rings. The smallest absolute Gasteiger partial charge is 0.475 e. The van der Waals surface area contributed by atoms with Gasteiger partial charge in [0.15, 0.2) is 10.8 Å². The number of rotatable bonds is 5. The second kappa shape index (κ2) is 8.51. The van der Waals surface area contributed by atoms with Crippen LogP contribution in [0.5, 0.6) is 5.75 Å². The first kappa shape index (κ1) is 20.2. The maximum absolute atomic E-state index is 12.4. The predicted octanol–water partition coefficient (Wildman–Crippen LogP) is 3.87. The van der Waals surface area contributed by atoms with E-state index in [1.807, 2.05) is 0 Å². The largest absolute Gasteiger partial charge is 0.497 e. The van der Waals surface area contributed by atoms with Crippen LogP contribution in [0.1, 0.15) is 5.56 Å². The average molecular weight is 394 g/mol. The molecule has 27 heavy (non-hydrogen) atoms. The van der Waals surface area contributed by atoms with E-state index in [0.717, 1.165) is 12.1 Å². The highest BCUT2D eigenvalue weighted by molar-refractivity contribution is 7.86. The van der Waals surface area contributed by atoms with Crippen LogP contribution in [0.4, 0.5) is 18.9 Å². The van der Waals surface area contributed by atoms with E-state index in [1.54, 1.807) is 30.3 Å². The zero-order valence-corrected chi connectivity index (χ0v) is 14.7. The molecule has 1 unspecified atom stereocenters. The fourth-order valence-corrected chi connectivity index (χ4v) is 2.66. The van der Waals surface area contributed by atoms with E-state index in [-0.39, 0.29) is 11.3 Å². The lowest BCUT2D eigenvalue weighted by Crippen LogP contribution is -2.16. The molecule has 5 nitrogen and oxygen atoms in total. The van der Waals surface area contributed by atoms with Gasteiger partial charge in [-0.2, -0.15) is 18.4 Å². The number of benzene rings is 2. The van der Waals surface area contributed by atoms with E-state index >= 15 is 0 Å². The lowest BCUT2D eigenvalue weighted by atomic mass is 10.1. The molecule has 2 aromatic rings. The van der Waals surface area contributed by atoms with Crippen LogP contribution in [0.2, 0.25) is 0 Å². The van der Waals surface area contributed by atoms with Gasteiger partial charge in [0.05, 0.1) is 7.11 Å². The van der Waals surface area contributed by atoms with Crippen molar-refractivity contribution in [3.8, 4) is 11.8 Å². The molecule has 0 aliphatic carbocycles. The third kappa shape index (κ3) is 5.43. The van der Waals surface area contributed by atoms with Gasteiger partial charge in [-0.1, -0.05) is 12.1 Å². The van der Waals surface area contributed by atoms with Crippen LogP contribution in [-0.4, -0.2) is 22.7 Å². The van der Waals surface area contributed by atoms with Crippen molar-refractivity contribution in [1.82, 2.24) is 0 Å². The fourth-order valence-electron chi connectivity index (χ4n) is 2.01. The van der Waals surface area contributed by atoms with Gasteiger partial charge in [-0.15, -0.1) is 0 Å². The number of alkyl halides is 3. The molecule has 1 atom stereocenters. The van der Waals surface area contributed by atoms with Crippen molar-refractivity contribution in [3.05, 3.63) is 59.7 Å². The molecule has 0 heterocycles. The Bertz CT molecular complexity index is 915. The summed E-state index contributed by atoms with van der Waals surface area (Å²) in [6.45, 7) is 0. The SMILES string of the molecule is COc1ccc(/C=C(/C#N)C(=O)Nc2ccc(S(=O)C(F)(F)F)cc2)cc1. The van der Waals surface area contributed by atoms with E-state index in [4.69, 9.17) is 4.74 Å². The normalized spacial score (nSPS) is 12.8. The number of carbonyl (C=O) groups is 1. The maximum Gasteiger partial charge on any atom is 0.475 e. The molecule has 0 bridgehead atoms. The Morgan fingerprint density at radius 3 is 2.22 bits per heavy atom. The van der Waals surface area contributed by atoms with Crippen LogP contribution in [-0.2, 0) is 15.6 Å². The van der Waals surface area contributed by atoms with E-state index in [9.17, 15) is 27.4 Å². The predicted molar refractivity (Wildman–Crippen MR) is 94.1 cm³/mol. The van der Waals surface area contributed by atoms with Gasteiger partial charge in [-0.25, -0.2) is 4.21 Å². The Kier molecular flexibility index (Phi) is 6.36. The van der Waals surface area contributed by atoms with Crippen molar-refractivity contribution in [3.63, 3.8) is 0 Å². The highest BCUT2D eigenvalue weighted by Crippen LogP contribution is 2.27. The third-order valence-corrected chi connectivity index (χ3v) is 4.45. The summed E-state index contributed by atoms with van der Waals surface area (Å²) in [5.41, 5.74) is -4.29. The molecule has 0 radical (unpaired) electrons. The molecule has 2 rings (SSSR count). The molecule has 0 spiro atoms. The van der Waals surface area contributed by atoms with Gasteiger partial charge in [0.25, 0.3) is 5.91 Å². The minimum absolute atomic E-state index is 0.166. The molecule has 0 aliphatic rings. The second-order valence-corrected chi connectivity index (χ2v) is 6.61. The number of nitriles is 1. The summed E-state index contributed by atoms with van der Waals surface area (Å²) in [6.07, 6.45) is 1.36. The standard InChI is InChI=1S/C18H13F3N2O3S/c1-26-15-6-2-12(3-7-15)10-13(11-22)17(24)23-14-4-8-16(9-5-14)27(25)18(19,20)21/h2-10H,1H3,(H,23,24)/b13-10-. The topological polar surface area (TPSA) is 79.2 Å². The Morgan fingerprint density at radius 1 is 1.15 bits per heavy atom. The zero-order valence-electron chi connectivity index (χ0n) is 13.9. The summed E-state index contributed by atoms with van der Waals surface area (Å²) >= 11 is 0. The lowest BCUT2D eigenvalue weighted by molar-refractivity contribution is -0.112. The van der Waals surface area contributed by atoms with Crippen molar-refractivity contribution >= 4 is 28.5 Å². The first-order valence-corrected chi connectivity index (χ1v) is 8.55. The fraction of sp³-hybridized carbons (Fsp3) is 0.111. The highest BCUT2D eigenvalue weighted by Gasteiger charge is 2.37. The number of ether oxygens (including phenoxy) is 1. The van der Waals surface area contributed by atoms with Crippen LogP contribution in [0.15, 0.2) is 59.0 Å². The molecule has 0 aliphatic heterocycles. The van der Waals surface area contributed by atoms with Crippen LogP contribution in [0.25, 0.3) is 6.08 Å². The lowest BCUT2D eigenvalue weighted by Gasteiger charge is -2.08. The van der Waals surface area contributed by atoms with Gasteiger partial charge >= 0.3 is 5.51 Å². The molecule has 0 saturated heterocycles. The molecule has 0 aromatic heterocycles. The highest BCUT2D eigenvalue weighted by atomic mass is 32.2. The molecule has 1 N–H and O–H groups in total. The van der Waals surface area contributed by atoms with Crippen molar-refractivity contribution in [2.24, 2.45) is 0 Å². The average Bonchev–Trinajstić information content (AvgIpc) is 2.65. The summed E-state index contributed by atoms with van der Waals surface area (Å²) < 4.78 is 53.5. The summed E-state index contributed by atoms with van der Waals surface area (Å²) in [5, 5.41) is 11.6. The van der Waals surface area contributed by atoms with Gasteiger partial charge in [0.2, 0.25) is 0 Å². The quantitative estimate of drug-likeness (QED) is 0.617. The Morgan fingerprint density at radius 2 is 1.74 bits per heavy atom. The molecule has 0 saturated carbocycles. The van der Waals surface area contributed by atoms with Crippen LogP contribution < -0.4 is 10.1 Å². The molecular formula is C18H13F3N2O3S. The van der Waals surface area contributed by atoms with Gasteiger partial charge in [0, 0.05) is 10.6 Å². The summed E-state index contributed by atoms with van der Waals surface area (Å²) in [4.78, 5) is 11.7. The summed E-state index contributed by atoms with van der Waals surface area (Å²) in [6, 6.07) is 12.8. The number of anilines is 1. The van der Waals surface area contributed by atoms with Crippen molar-refractivity contribution in [1.29, 1.82) is 5.26 Å². The summed E-state index contributed by atoms with van der Waals surface area (Å²) in [7, 11) is -1.64. The number of halogens is 3. The van der Waals surface area contributed by atoms with Crippen molar-refractivity contribution < 1.29 is 26.9 Å². The first-order valence-electron chi connectivity index (χ1n) is 7.40. The minimum Gasteiger partial charge on any atom is -0.497 e. The third-order valence-electron chi connectivity index (χ3n) is 3.33. The summed E-state index contributed by atoms with van der Waals surface area (Å²) in [5.74, 6) is -0.107. The van der Waals surface area contributed by atoms with E-state index in [0.29, 0.717) is 11.3 Å². The molecule has 9 heteroatoms. The van der Waals surface area contributed by atoms with Gasteiger partial charge < -0.3 is 10.1 Å². The van der Waals surface area contributed by atoms with E-state index in [2.05, 4.69) is 5.32 Å². The van der Waals surface area contributed by atoms with Gasteiger partial charge in [-0.05, 0) is 48.0 Å². The number of amides is 1. The number of methoxy groups -OCH3 is 1. The zero-order chi connectivity index (χ0) is 20.0. The number of hydrogen-bond acceptors (Lipinski definition) is 4. The van der Waals surface area contributed by atoms with E-state index < -0.39 is 27.1 Å². The number of hydrogen-bond donors (Lipinski definition) is 1. The van der Waals surface area contributed by atoms with Crippen LogP contribution in [0.3, 0.4) is 0 Å². The van der Waals surface area contributed by atoms with Crippen molar-refractivity contribution in [2.75, 3.05) is 12.4 Å². The molecule has 2 aromatic carbocycles. The monoisotopic (exact) mass is 394 g/mol. The van der Waals surface area contributed by atoms with Gasteiger partial charge in [-0.3, -0.25) is 4.79 Å². The maximum atomic E-state index is 12.4. The van der Waals surface area contributed by atoms with Crippen LogP contribution in [0, 0.1) is 11.3 Å². The Balaban J connectivity index is 2.13. The molecule has 140 valence electrons. The number of carbonyl (C=O) groups excluding carboxylic acids is 1.